The Hall–Kier alpha value is -0.810. The molecule has 6 heteroatoms. The largest absolute Gasteiger partial charge is 0.358 e. The fraction of sp³-hybridized carbons (Fsp3) is 0.882. The fourth-order valence-corrected chi connectivity index (χ4v) is 4.08. The van der Waals surface area contributed by atoms with Gasteiger partial charge >= 0.3 is 0 Å². The van der Waals surface area contributed by atoms with E-state index in [1.165, 1.54) is 12.8 Å². The van der Waals surface area contributed by atoms with Crippen LogP contribution in [0.5, 0.6) is 0 Å². The van der Waals surface area contributed by atoms with Gasteiger partial charge in [-0.3, -0.25) is 14.5 Å². The SMILES string of the molecule is CNC(=O)[C@@H](C1CC1)N1CCC[C@H]1C(=O)N1CCCCCC1.Cl. The van der Waals surface area contributed by atoms with Crippen LogP contribution in [0, 0.1) is 5.92 Å². The predicted molar refractivity (Wildman–Crippen MR) is 92.6 cm³/mol. The van der Waals surface area contributed by atoms with Gasteiger partial charge in [-0.25, -0.2) is 0 Å². The molecule has 3 fully saturated rings. The molecule has 0 aromatic rings. The number of nitrogens with one attached hydrogen (secondary N) is 1. The molecule has 0 aromatic heterocycles. The lowest BCUT2D eigenvalue weighted by molar-refractivity contribution is -0.139. The topological polar surface area (TPSA) is 52.7 Å². The average molecular weight is 344 g/mol. The summed E-state index contributed by atoms with van der Waals surface area (Å²) in [5.74, 6) is 0.824. The Morgan fingerprint density at radius 1 is 0.957 bits per heavy atom. The number of nitrogens with zero attached hydrogens (tertiary/aromatic N) is 2. The van der Waals surface area contributed by atoms with Crippen molar-refractivity contribution in [1.82, 2.24) is 15.1 Å². The summed E-state index contributed by atoms with van der Waals surface area (Å²) in [6, 6.07) is -0.158. The molecule has 0 radical (unpaired) electrons. The van der Waals surface area contributed by atoms with Gasteiger partial charge in [-0.2, -0.15) is 0 Å². The van der Waals surface area contributed by atoms with E-state index < -0.39 is 0 Å². The predicted octanol–water partition coefficient (Wildman–Crippen LogP) is 1.80. The molecule has 0 aromatic carbocycles. The molecule has 2 amide bonds. The average Bonchev–Trinajstić information content (AvgIpc) is 3.30. The van der Waals surface area contributed by atoms with Gasteiger partial charge in [-0.1, -0.05) is 12.8 Å². The highest BCUT2D eigenvalue weighted by Gasteiger charge is 2.46. The van der Waals surface area contributed by atoms with Crippen molar-refractivity contribution in [2.24, 2.45) is 5.92 Å². The molecule has 0 spiro atoms. The maximum absolute atomic E-state index is 13.0. The van der Waals surface area contributed by atoms with Crippen molar-refractivity contribution >= 4 is 24.2 Å². The minimum Gasteiger partial charge on any atom is -0.358 e. The Labute approximate surface area is 145 Å². The summed E-state index contributed by atoms with van der Waals surface area (Å²) in [6.07, 6.45) is 8.92. The Morgan fingerprint density at radius 2 is 1.61 bits per heavy atom. The standard InChI is InChI=1S/C17H29N3O2.ClH/c1-18-16(21)15(13-8-9-13)20-12-6-7-14(20)17(22)19-10-4-2-3-5-11-19;/h13-15H,2-12H2,1H3,(H,18,21);1H/t14-,15+;/m0./s1. The summed E-state index contributed by atoms with van der Waals surface area (Å²) in [5, 5.41) is 2.81. The van der Waals surface area contributed by atoms with Crippen molar-refractivity contribution < 1.29 is 9.59 Å². The van der Waals surface area contributed by atoms with Gasteiger partial charge < -0.3 is 10.2 Å². The quantitative estimate of drug-likeness (QED) is 0.846. The zero-order valence-corrected chi connectivity index (χ0v) is 14.9. The first-order valence-electron chi connectivity index (χ1n) is 8.98. The molecule has 3 rings (SSSR count). The van der Waals surface area contributed by atoms with E-state index in [2.05, 4.69) is 15.1 Å². The Bertz CT molecular complexity index is 420. The summed E-state index contributed by atoms with van der Waals surface area (Å²) in [6.45, 7) is 2.69. The highest BCUT2D eigenvalue weighted by molar-refractivity contribution is 5.86. The molecule has 5 nitrogen and oxygen atoms in total. The van der Waals surface area contributed by atoms with Crippen LogP contribution in [0.4, 0.5) is 0 Å². The lowest BCUT2D eigenvalue weighted by atomic mass is 10.1. The van der Waals surface area contributed by atoms with Gasteiger partial charge in [0.05, 0.1) is 12.1 Å². The van der Waals surface area contributed by atoms with Crippen LogP contribution in [0.2, 0.25) is 0 Å². The lowest BCUT2D eigenvalue weighted by Crippen LogP contribution is -2.54. The Balaban J connectivity index is 0.00000192. The smallest absolute Gasteiger partial charge is 0.239 e. The van der Waals surface area contributed by atoms with E-state index in [1.807, 2.05) is 0 Å². The molecule has 1 saturated carbocycles. The van der Waals surface area contributed by atoms with Crippen molar-refractivity contribution in [2.75, 3.05) is 26.7 Å². The summed E-state index contributed by atoms with van der Waals surface area (Å²) < 4.78 is 0. The van der Waals surface area contributed by atoms with E-state index in [1.54, 1.807) is 7.05 Å². The Morgan fingerprint density at radius 3 is 2.17 bits per heavy atom. The number of likely N-dealkylation sites (N-methyl/N-ethyl adjacent to an activating group) is 1. The molecule has 1 N–H and O–H groups in total. The number of hydrogen-bond acceptors (Lipinski definition) is 3. The second-order valence-corrected chi connectivity index (χ2v) is 7.03. The summed E-state index contributed by atoms with van der Waals surface area (Å²) >= 11 is 0. The molecule has 3 aliphatic rings. The third-order valence-electron chi connectivity index (χ3n) is 5.44. The number of halogens is 1. The van der Waals surface area contributed by atoms with Gasteiger partial charge in [-0.15, -0.1) is 12.4 Å². The summed E-state index contributed by atoms with van der Waals surface area (Å²) in [4.78, 5) is 29.5. The first-order valence-corrected chi connectivity index (χ1v) is 8.98. The van der Waals surface area contributed by atoms with E-state index in [-0.39, 0.29) is 36.3 Å². The van der Waals surface area contributed by atoms with Crippen molar-refractivity contribution in [3.05, 3.63) is 0 Å². The first-order chi connectivity index (χ1) is 10.7. The zero-order valence-electron chi connectivity index (χ0n) is 14.1. The molecular weight excluding hydrogens is 314 g/mol. The monoisotopic (exact) mass is 343 g/mol. The molecule has 23 heavy (non-hydrogen) atoms. The fourth-order valence-electron chi connectivity index (χ4n) is 4.08. The Kier molecular flexibility index (Phi) is 6.72. The molecule has 2 saturated heterocycles. The van der Waals surface area contributed by atoms with Gasteiger partial charge in [0.1, 0.15) is 0 Å². The molecule has 132 valence electrons. The molecule has 2 aliphatic heterocycles. The molecule has 2 heterocycles. The van der Waals surface area contributed by atoms with Crippen LogP contribution in [-0.2, 0) is 9.59 Å². The number of carbonyl (C=O) groups is 2. The van der Waals surface area contributed by atoms with Crippen LogP contribution < -0.4 is 5.32 Å². The highest BCUT2D eigenvalue weighted by Crippen LogP contribution is 2.38. The van der Waals surface area contributed by atoms with Crippen LogP contribution in [0.3, 0.4) is 0 Å². The minimum atomic E-state index is -0.0894. The number of likely N-dealkylation sites (tertiary alicyclic amines) is 2. The third-order valence-corrected chi connectivity index (χ3v) is 5.44. The van der Waals surface area contributed by atoms with Crippen LogP contribution in [0.15, 0.2) is 0 Å². The molecule has 0 unspecified atom stereocenters. The van der Waals surface area contributed by atoms with E-state index >= 15 is 0 Å². The van der Waals surface area contributed by atoms with Crippen molar-refractivity contribution in [3.8, 4) is 0 Å². The van der Waals surface area contributed by atoms with Crippen molar-refractivity contribution in [3.63, 3.8) is 0 Å². The number of rotatable bonds is 4. The van der Waals surface area contributed by atoms with Crippen LogP contribution in [0.25, 0.3) is 0 Å². The van der Waals surface area contributed by atoms with Gasteiger partial charge in [0.25, 0.3) is 0 Å². The lowest BCUT2D eigenvalue weighted by Gasteiger charge is -2.34. The number of hydrogen-bond donors (Lipinski definition) is 1. The highest BCUT2D eigenvalue weighted by atomic mass is 35.5. The molecule has 2 atom stereocenters. The molecule has 1 aliphatic carbocycles. The number of amides is 2. The zero-order chi connectivity index (χ0) is 15.5. The maximum Gasteiger partial charge on any atom is 0.239 e. The van der Waals surface area contributed by atoms with E-state index in [4.69, 9.17) is 0 Å². The second-order valence-electron chi connectivity index (χ2n) is 7.03. The van der Waals surface area contributed by atoms with Gasteiger partial charge in [0, 0.05) is 20.1 Å². The van der Waals surface area contributed by atoms with Crippen LogP contribution in [0.1, 0.15) is 51.4 Å². The van der Waals surface area contributed by atoms with E-state index in [0.29, 0.717) is 5.92 Å². The van der Waals surface area contributed by atoms with E-state index in [9.17, 15) is 9.59 Å². The normalized spacial score (nSPS) is 27.0. The summed E-state index contributed by atoms with van der Waals surface area (Å²) in [5.41, 5.74) is 0. The maximum atomic E-state index is 13.0. The number of carbonyl (C=O) groups excluding carboxylic acids is 2. The van der Waals surface area contributed by atoms with Crippen LogP contribution in [-0.4, -0.2) is 60.4 Å². The van der Waals surface area contributed by atoms with E-state index in [0.717, 1.165) is 58.2 Å². The first kappa shape index (κ1) is 18.5. The van der Waals surface area contributed by atoms with Crippen LogP contribution >= 0.6 is 12.4 Å². The molecule has 0 bridgehead atoms. The molecular formula is C17H30ClN3O2. The van der Waals surface area contributed by atoms with Gasteiger partial charge in [-0.05, 0) is 51.0 Å². The van der Waals surface area contributed by atoms with Crippen molar-refractivity contribution in [2.45, 2.75) is 63.5 Å². The minimum absolute atomic E-state index is 0. The van der Waals surface area contributed by atoms with Crippen molar-refractivity contribution in [1.29, 1.82) is 0 Å². The second kappa shape index (κ2) is 8.34. The summed E-state index contributed by atoms with van der Waals surface area (Å²) in [7, 11) is 1.71. The van der Waals surface area contributed by atoms with Gasteiger partial charge in [0.2, 0.25) is 11.8 Å². The van der Waals surface area contributed by atoms with Gasteiger partial charge in [0.15, 0.2) is 0 Å². The third kappa shape index (κ3) is 4.18.